The lowest BCUT2D eigenvalue weighted by Gasteiger charge is -2.10. The number of hydrogen-bond acceptors (Lipinski definition) is 7. The van der Waals surface area contributed by atoms with E-state index in [0.29, 0.717) is 24.1 Å². The van der Waals surface area contributed by atoms with Gasteiger partial charge in [-0.05, 0) is 13.8 Å². The number of ether oxygens (including phenoxy) is 1. The van der Waals surface area contributed by atoms with Crippen LogP contribution in [0.3, 0.4) is 0 Å². The van der Waals surface area contributed by atoms with E-state index < -0.39 is 0 Å². The van der Waals surface area contributed by atoms with Gasteiger partial charge in [-0.1, -0.05) is 0 Å². The molecule has 5 N–H and O–H groups in total. The number of hydrogen-bond donors (Lipinski definition) is 4. The molecule has 0 bridgehead atoms. The highest BCUT2D eigenvalue weighted by molar-refractivity contribution is 5.42. The van der Waals surface area contributed by atoms with Gasteiger partial charge in [0.05, 0.1) is 12.6 Å². The molecule has 0 spiro atoms. The summed E-state index contributed by atoms with van der Waals surface area (Å²) in [6.45, 7) is 4.08. The smallest absolute Gasteiger partial charge is 0.340 e. The summed E-state index contributed by atoms with van der Waals surface area (Å²) in [5, 5.41) is 9.00. The summed E-state index contributed by atoms with van der Waals surface area (Å²) in [6.07, 6.45) is -0.00940. The lowest BCUT2D eigenvalue weighted by Crippen LogP contribution is -2.11. The van der Waals surface area contributed by atoms with Crippen LogP contribution in [-0.2, 0) is 6.54 Å². The average molecular weight is 265 g/mol. The van der Waals surface area contributed by atoms with Crippen molar-refractivity contribution in [2.75, 3.05) is 11.1 Å². The van der Waals surface area contributed by atoms with Crippen molar-refractivity contribution in [2.45, 2.75) is 26.5 Å². The molecule has 9 nitrogen and oxygen atoms in total. The largest absolute Gasteiger partial charge is 0.475 e. The van der Waals surface area contributed by atoms with Crippen molar-refractivity contribution in [1.82, 2.24) is 25.1 Å². The maximum absolute atomic E-state index is 10.9. The Kier molecular flexibility index (Phi) is 3.64. The Bertz CT molecular complexity index is 604. The standard InChI is InChI=1S/C10H15N7O2/c1-5(2)19-8-3-6(13-9(11)15-8)12-4-7-14-10(18)17-16-7/h3,5H,4H2,1-2H3,(H3,11,12,13,15)(H2,14,16,17,18). The molecular weight excluding hydrogens is 250 g/mol. The zero-order valence-corrected chi connectivity index (χ0v) is 10.6. The molecule has 0 radical (unpaired) electrons. The van der Waals surface area contributed by atoms with Gasteiger partial charge in [-0.2, -0.15) is 15.1 Å². The molecule has 0 fully saturated rings. The average Bonchev–Trinajstić information content (AvgIpc) is 2.71. The van der Waals surface area contributed by atoms with E-state index in [4.69, 9.17) is 10.5 Å². The maximum Gasteiger partial charge on any atom is 0.340 e. The molecule has 0 aliphatic heterocycles. The first-order valence-electron chi connectivity index (χ1n) is 5.71. The molecular formula is C10H15N7O2. The van der Waals surface area contributed by atoms with Crippen LogP contribution in [0, 0.1) is 0 Å². The Morgan fingerprint density at radius 2 is 2.26 bits per heavy atom. The second-order valence-corrected chi connectivity index (χ2v) is 4.09. The van der Waals surface area contributed by atoms with Crippen LogP contribution in [0.25, 0.3) is 0 Å². The molecule has 2 aromatic heterocycles. The number of nitrogen functional groups attached to an aromatic ring is 1. The van der Waals surface area contributed by atoms with Gasteiger partial charge >= 0.3 is 5.69 Å². The topological polar surface area (TPSA) is 135 Å². The fourth-order valence-electron chi connectivity index (χ4n) is 1.40. The summed E-state index contributed by atoms with van der Waals surface area (Å²) in [4.78, 5) is 21.3. The van der Waals surface area contributed by atoms with Gasteiger partial charge in [-0.3, -0.25) is 4.98 Å². The van der Waals surface area contributed by atoms with Crippen LogP contribution < -0.4 is 21.5 Å². The first-order chi connectivity index (χ1) is 9.02. The molecule has 0 saturated heterocycles. The number of nitrogens with one attached hydrogen (secondary N) is 3. The van der Waals surface area contributed by atoms with E-state index in [-0.39, 0.29) is 17.7 Å². The van der Waals surface area contributed by atoms with E-state index in [0.717, 1.165) is 0 Å². The normalized spacial score (nSPS) is 10.7. The number of rotatable bonds is 5. The van der Waals surface area contributed by atoms with E-state index in [9.17, 15) is 4.79 Å². The van der Waals surface area contributed by atoms with Gasteiger partial charge < -0.3 is 15.8 Å². The van der Waals surface area contributed by atoms with Crippen molar-refractivity contribution in [1.29, 1.82) is 0 Å². The van der Waals surface area contributed by atoms with Gasteiger partial charge in [0.25, 0.3) is 0 Å². The van der Waals surface area contributed by atoms with E-state index in [2.05, 4.69) is 30.5 Å². The zero-order valence-electron chi connectivity index (χ0n) is 10.6. The van der Waals surface area contributed by atoms with Crippen molar-refractivity contribution in [3.8, 4) is 5.88 Å². The molecule has 0 saturated carbocycles. The molecule has 19 heavy (non-hydrogen) atoms. The Balaban J connectivity index is 2.07. The molecule has 2 heterocycles. The summed E-state index contributed by atoms with van der Waals surface area (Å²) < 4.78 is 5.44. The minimum Gasteiger partial charge on any atom is -0.475 e. The fraction of sp³-hybridized carbons (Fsp3) is 0.400. The third-order valence-electron chi connectivity index (χ3n) is 2.06. The van der Waals surface area contributed by atoms with Gasteiger partial charge in [0.2, 0.25) is 11.8 Å². The summed E-state index contributed by atoms with van der Waals surface area (Å²) in [6, 6.07) is 1.63. The van der Waals surface area contributed by atoms with E-state index in [1.807, 2.05) is 13.8 Å². The van der Waals surface area contributed by atoms with E-state index in [1.165, 1.54) is 0 Å². The first kappa shape index (κ1) is 12.9. The Morgan fingerprint density at radius 3 is 2.89 bits per heavy atom. The summed E-state index contributed by atoms with van der Waals surface area (Å²) in [5.41, 5.74) is 5.23. The molecule has 0 aromatic carbocycles. The summed E-state index contributed by atoms with van der Waals surface area (Å²) in [7, 11) is 0. The van der Waals surface area contributed by atoms with Gasteiger partial charge in [0.1, 0.15) is 11.6 Å². The van der Waals surface area contributed by atoms with Crippen LogP contribution in [0.4, 0.5) is 11.8 Å². The molecule has 0 aliphatic carbocycles. The predicted molar refractivity (Wildman–Crippen MR) is 68.7 cm³/mol. The number of H-pyrrole nitrogens is 2. The SMILES string of the molecule is CC(C)Oc1cc(NCc2n[nH]c(=O)[nH]2)nc(N)n1. The highest BCUT2D eigenvalue weighted by Gasteiger charge is 2.06. The van der Waals surface area contributed by atoms with Crippen LogP contribution in [-0.4, -0.2) is 31.3 Å². The highest BCUT2D eigenvalue weighted by Crippen LogP contribution is 2.16. The van der Waals surface area contributed by atoms with Gasteiger partial charge in [0, 0.05) is 6.07 Å². The maximum atomic E-state index is 10.9. The van der Waals surface area contributed by atoms with Gasteiger partial charge in [0.15, 0.2) is 0 Å². The fourth-order valence-corrected chi connectivity index (χ4v) is 1.40. The summed E-state index contributed by atoms with van der Waals surface area (Å²) >= 11 is 0. The molecule has 0 atom stereocenters. The molecule has 0 aliphatic rings. The second kappa shape index (κ2) is 5.38. The van der Waals surface area contributed by atoms with Crippen LogP contribution in [0.15, 0.2) is 10.9 Å². The van der Waals surface area contributed by atoms with Gasteiger partial charge in [-0.25, -0.2) is 9.89 Å². The molecule has 0 unspecified atom stereocenters. The van der Waals surface area contributed by atoms with Crippen molar-refractivity contribution < 1.29 is 4.74 Å². The minimum atomic E-state index is -0.358. The highest BCUT2D eigenvalue weighted by atomic mass is 16.5. The number of anilines is 2. The summed E-state index contributed by atoms with van der Waals surface area (Å²) in [5.74, 6) is 1.46. The Labute approximate surface area is 108 Å². The Morgan fingerprint density at radius 1 is 1.47 bits per heavy atom. The van der Waals surface area contributed by atoms with Crippen molar-refractivity contribution in [3.05, 3.63) is 22.4 Å². The quantitative estimate of drug-likeness (QED) is 0.591. The lowest BCUT2D eigenvalue weighted by atomic mass is 10.4. The zero-order chi connectivity index (χ0) is 13.8. The molecule has 2 aromatic rings. The predicted octanol–water partition coefficient (Wildman–Crippen LogP) is -0.131. The van der Waals surface area contributed by atoms with E-state index in [1.54, 1.807) is 6.07 Å². The molecule has 0 amide bonds. The number of nitrogens with zero attached hydrogens (tertiary/aromatic N) is 3. The van der Waals surface area contributed by atoms with Crippen LogP contribution in [0.1, 0.15) is 19.7 Å². The third kappa shape index (κ3) is 3.69. The number of nitrogens with two attached hydrogens (primary N) is 1. The molecule has 102 valence electrons. The van der Waals surface area contributed by atoms with Crippen LogP contribution >= 0.6 is 0 Å². The van der Waals surface area contributed by atoms with Gasteiger partial charge in [-0.15, -0.1) is 0 Å². The second-order valence-electron chi connectivity index (χ2n) is 4.09. The monoisotopic (exact) mass is 265 g/mol. The minimum absolute atomic E-state index is 0.00940. The van der Waals surface area contributed by atoms with Crippen molar-refractivity contribution in [3.63, 3.8) is 0 Å². The third-order valence-corrected chi connectivity index (χ3v) is 2.06. The number of aromatic amines is 2. The number of aromatic nitrogens is 5. The van der Waals surface area contributed by atoms with Crippen molar-refractivity contribution >= 4 is 11.8 Å². The molecule has 2 rings (SSSR count). The lowest BCUT2D eigenvalue weighted by molar-refractivity contribution is 0.233. The van der Waals surface area contributed by atoms with Crippen molar-refractivity contribution in [2.24, 2.45) is 0 Å². The first-order valence-corrected chi connectivity index (χ1v) is 5.71. The van der Waals surface area contributed by atoms with Crippen LogP contribution in [0.5, 0.6) is 5.88 Å². The molecule has 9 heteroatoms. The van der Waals surface area contributed by atoms with E-state index >= 15 is 0 Å². The van der Waals surface area contributed by atoms with Crippen LogP contribution in [0.2, 0.25) is 0 Å². The Hall–Kier alpha value is -2.58.